The van der Waals surface area contributed by atoms with E-state index in [9.17, 15) is 14.4 Å². The molecule has 0 radical (unpaired) electrons. The number of carbonyl (C=O) groups is 3. The van der Waals surface area contributed by atoms with Gasteiger partial charge in [0, 0.05) is 42.0 Å². The van der Waals surface area contributed by atoms with Gasteiger partial charge in [-0.15, -0.1) is 11.8 Å². The van der Waals surface area contributed by atoms with Crippen LogP contribution in [0, 0.1) is 0 Å². The first kappa shape index (κ1) is 33.3. The molecule has 1 fully saturated rings. The van der Waals surface area contributed by atoms with Gasteiger partial charge in [0.25, 0.3) is 5.91 Å². The molecule has 0 aliphatic carbocycles. The van der Waals surface area contributed by atoms with E-state index in [1.165, 1.54) is 16.4 Å². The lowest BCUT2D eigenvalue weighted by Gasteiger charge is -2.27. The summed E-state index contributed by atoms with van der Waals surface area (Å²) in [5, 5.41) is 5.82. The Hall–Kier alpha value is -2.22. The molecule has 4 atom stereocenters. The number of carbonyl (C=O) groups excluding carboxylic acids is 3. The van der Waals surface area contributed by atoms with Crippen molar-refractivity contribution < 1.29 is 14.4 Å². The van der Waals surface area contributed by atoms with Crippen molar-refractivity contribution in [3.05, 3.63) is 71.3 Å². The number of hydrogen-bond donors (Lipinski definition) is 5. The van der Waals surface area contributed by atoms with Gasteiger partial charge in [-0.25, -0.2) is 0 Å². The number of thioether (sulfide) groups is 1. The quantitative estimate of drug-likeness (QED) is 0.141. The van der Waals surface area contributed by atoms with Crippen LogP contribution < -0.4 is 27.8 Å². The Morgan fingerprint density at radius 2 is 1.73 bits per heavy atom. The first-order valence-corrected chi connectivity index (χ1v) is 17.5. The van der Waals surface area contributed by atoms with Gasteiger partial charge in [-0.3, -0.25) is 14.4 Å². The molecule has 8 N–H and O–H groups in total. The van der Waals surface area contributed by atoms with Crippen LogP contribution in [0.5, 0.6) is 0 Å². The molecule has 0 saturated carbocycles. The molecule has 9 nitrogen and oxygen atoms in total. The molecule has 3 amide bonds. The van der Waals surface area contributed by atoms with Crippen LogP contribution >= 0.6 is 33.3 Å². The average molecular weight is 619 g/mol. The van der Waals surface area contributed by atoms with Gasteiger partial charge in [0.05, 0.1) is 18.0 Å². The summed E-state index contributed by atoms with van der Waals surface area (Å²) in [6.07, 6.45) is 2.19. The van der Waals surface area contributed by atoms with E-state index in [0.717, 1.165) is 29.9 Å². The lowest BCUT2D eigenvalue weighted by Crippen LogP contribution is -2.55. The number of nitrogens with one attached hydrogen (secondary N) is 2. The van der Waals surface area contributed by atoms with Gasteiger partial charge in [0.2, 0.25) is 11.8 Å². The second-order valence-corrected chi connectivity index (χ2v) is 13.7. The maximum Gasteiger partial charge on any atom is 0.251 e. The third-order valence-corrected chi connectivity index (χ3v) is 10.2. The zero-order valence-corrected chi connectivity index (χ0v) is 25.9. The molecule has 3 rings (SSSR count). The predicted molar refractivity (Wildman–Crippen MR) is 172 cm³/mol. The maximum atomic E-state index is 13.1. The maximum absolute atomic E-state index is 13.1. The average Bonchev–Trinajstić information content (AvgIpc) is 3.53. The highest BCUT2D eigenvalue weighted by atomic mass is 33.1. The predicted octanol–water partition coefficient (Wildman–Crippen LogP) is 2.34. The minimum absolute atomic E-state index is 0.0297. The number of hydrogen-bond acceptors (Lipinski definition) is 9. The minimum Gasteiger partial charge on any atom is -0.351 e. The molecule has 224 valence electrons. The number of rotatable bonds is 16. The van der Waals surface area contributed by atoms with Crippen LogP contribution in [-0.4, -0.2) is 76.5 Å². The standard InChI is InChI=1S/C29H42N6O3S3/c1-2-7-25(26(32)29(38)35-12-13-39-19-35)34-27(36)22-11-6-10-21(14-22)16-33-28(37)24(31)18-41-40-17-23(30)15-20-8-4-3-5-9-20/h3-6,8-11,14,23-26H,2,7,12-13,15-19,30-32H2,1H3,(H,33,37)(H,34,36). The topological polar surface area (TPSA) is 157 Å². The van der Waals surface area contributed by atoms with Gasteiger partial charge in [-0.1, -0.05) is 77.4 Å². The summed E-state index contributed by atoms with van der Waals surface area (Å²) in [5.41, 5.74) is 21.0. The van der Waals surface area contributed by atoms with Gasteiger partial charge in [0.1, 0.15) is 6.04 Å². The fourth-order valence-electron chi connectivity index (χ4n) is 4.33. The Labute approximate surface area is 255 Å². The molecule has 41 heavy (non-hydrogen) atoms. The van der Waals surface area contributed by atoms with E-state index >= 15 is 0 Å². The monoisotopic (exact) mass is 618 g/mol. The van der Waals surface area contributed by atoms with E-state index in [1.54, 1.807) is 45.7 Å². The molecule has 1 aliphatic heterocycles. The Morgan fingerprint density at radius 1 is 1.00 bits per heavy atom. The van der Waals surface area contributed by atoms with Crippen LogP contribution in [0.2, 0.25) is 0 Å². The van der Waals surface area contributed by atoms with Crippen molar-refractivity contribution in [2.45, 2.75) is 56.9 Å². The molecule has 12 heteroatoms. The smallest absolute Gasteiger partial charge is 0.251 e. The van der Waals surface area contributed by atoms with Crippen molar-refractivity contribution >= 4 is 51.1 Å². The Bertz CT molecular complexity index is 1120. The second-order valence-electron chi connectivity index (χ2n) is 10.1. The van der Waals surface area contributed by atoms with E-state index in [2.05, 4.69) is 22.8 Å². The molecule has 4 unspecified atom stereocenters. The molecule has 1 saturated heterocycles. The van der Waals surface area contributed by atoms with Crippen molar-refractivity contribution in [1.82, 2.24) is 15.5 Å². The van der Waals surface area contributed by atoms with E-state index in [0.29, 0.717) is 30.2 Å². The van der Waals surface area contributed by atoms with E-state index in [4.69, 9.17) is 17.2 Å². The van der Waals surface area contributed by atoms with Crippen molar-refractivity contribution in [2.75, 3.05) is 29.7 Å². The van der Waals surface area contributed by atoms with Crippen molar-refractivity contribution in [3.63, 3.8) is 0 Å². The summed E-state index contributed by atoms with van der Waals surface area (Å²) in [5.74, 6) is 2.08. The molecule has 0 spiro atoms. The number of nitrogens with zero attached hydrogens (tertiary/aromatic N) is 1. The van der Waals surface area contributed by atoms with Crippen LogP contribution in [-0.2, 0) is 22.6 Å². The summed E-state index contributed by atoms with van der Waals surface area (Å²) in [6.45, 7) is 2.92. The van der Waals surface area contributed by atoms with Crippen molar-refractivity contribution in [3.8, 4) is 0 Å². The van der Waals surface area contributed by atoms with E-state index < -0.39 is 18.1 Å². The molecule has 1 aliphatic rings. The third kappa shape index (κ3) is 11.2. The highest BCUT2D eigenvalue weighted by molar-refractivity contribution is 8.76. The van der Waals surface area contributed by atoms with E-state index in [-0.39, 0.29) is 30.3 Å². The summed E-state index contributed by atoms with van der Waals surface area (Å²) < 4.78 is 0. The largest absolute Gasteiger partial charge is 0.351 e. The van der Waals surface area contributed by atoms with Crippen LogP contribution in [0.1, 0.15) is 41.3 Å². The summed E-state index contributed by atoms with van der Waals surface area (Å²) in [6, 6.07) is 15.3. The second kappa shape index (κ2) is 17.7. The Kier molecular flexibility index (Phi) is 14.3. The molecular formula is C29H42N6O3S3. The van der Waals surface area contributed by atoms with Crippen LogP contribution in [0.15, 0.2) is 54.6 Å². The summed E-state index contributed by atoms with van der Waals surface area (Å²) in [7, 11) is 3.16. The zero-order chi connectivity index (χ0) is 29.6. The lowest BCUT2D eigenvalue weighted by molar-refractivity contribution is -0.131. The number of benzene rings is 2. The Morgan fingerprint density at radius 3 is 2.44 bits per heavy atom. The van der Waals surface area contributed by atoms with Crippen LogP contribution in [0.4, 0.5) is 0 Å². The van der Waals surface area contributed by atoms with Gasteiger partial charge >= 0.3 is 0 Å². The fourth-order valence-corrected chi connectivity index (χ4v) is 7.61. The van der Waals surface area contributed by atoms with Crippen LogP contribution in [0.3, 0.4) is 0 Å². The Balaban J connectivity index is 1.42. The third-order valence-electron chi connectivity index (χ3n) is 6.65. The molecule has 0 aromatic heterocycles. The molecular weight excluding hydrogens is 577 g/mol. The fraction of sp³-hybridized carbons (Fsp3) is 0.483. The number of nitrogens with two attached hydrogens (primary N) is 3. The highest BCUT2D eigenvalue weighted by Gasteiger charge is 2.31. The van der Waals surface area contributed by atoms with Gasteiger partial charge in [0.15, 0.2) is 0 Å². The minimum atomic E-state index is -0.794. The molecule has 1 heterocycles. The number of amides is 3. The molecule has 2 aromatic rings. The van der Waals surface area contributed by atoms with Gasteiger partial charge < -0.3 is 32.7 Å². The van der Waals surface area contributed by atoms with Crippen LogP contribution in [0.25, 0.3) is 0 Å². The SMILES string of the molecule is CCCC(NC(=O)c1cccc(CNC(=O)C(N)CSSCC(N)Cc2ccccc2)c1)C(N)C(=O)N1CCSC1. The first-order valence-electron chi connectivity index (χ1n) is 13.9. The molecule has 2 aromatic carbocycles. The summed E-state index contributed by atoms with van der Waals surface area (Å²) in [4.78, 5) is 40.2. The van der Waals surface area contributed by atoms with Crippen molar-refractivity contribution in [2.24, 2.45) is 17.2 Å². The highest BCUT2D eigenvalue weighted by Crippen LogP contribution is 2.23. The van der Waals surface area contributed by atoms with E-state index in [1.807, 2.05) is 31.2 Å². The van der Waals surface area contributed by atoms with Gasteiger partial charge in [-0.2, -0.15) is 0 Å². The molecule has 0 bridgehead atoms. The normalized spacial score (nSPS) is 16.0. The lowest BCUT2D eigenvalue weighted by atomic mass is 10.0. The van der Waals surface area contributed by atoms with Gasteiger partial charge in [-0.05, 0) is 36.1 Å². The first-order chi connectivity index (χ1) is 19.8. The zero-order valence-electron chi connectivity index (χ0n) is 23.5. The van der Waals surface area contributed by atoms with Crippen molar-refractivity contribution in [1.29, 1.82) is 0 Å². The summed E-state index contributed by atoms with van der Waals surface area (Å²) >= 11 is 1.70.